The Morgan fingerprint density at radius 3 is 2.47 bits per heavy atom. The summed E-state index contributed by atoms with van der Waals surface area (Å²) in [6.45, 7) is 13.0. The molecule has 1 aromatic carbocycles. The minimum Gasteiger partial charge on any atom is -0.388 e. The van der Waals surface area contributed by atoms with Crippen LogP contribution in [0.2, 0.25) is 5.02 Å². The molecule has 1 aliphatic rings. The van der Waals surface area contributed by atoms with E-state index in [9.17, 15) is 9.59 Å². The lowest BCUT2D eigenvalue weighted by molar-refractivity contribution is -0.114. The number of nitrogens with zero attached hydrogens (tertiary/aromatic N) is 2. The van der Waals surface area contributed by atoms with E-state index >= 15 is 0 Å². The van der Waals surface area contributed by atoms with E-state index in [4.69, 9.17) is 22.1 Å². The van der Waals surface area contributed by atoms with Gasteiger partial charge in [0, 0.05) is 67.8 Å². The van der Waals surface area contributed by atoms with E-state index in [0.717, 1.165) is 56.9 Å². The molecule has 8 nitrogen and oxygen atoms in total. The Morgan fingerprint density at radius 2 is 1.91 bits per heavy atom. The van der Waals surface area contributed by atoms with Crippen LogP contribution in [0.3, 0.4) is 0 Å². The van der Waals surface area contributed by atoms with Gasteiger partial charge in [0.1, 0.15) is 0 Å². The number of halogens is 1. The highest BCUT2D eigenvalue weighted by Crippen LogP contribution is 2.32. The quantitative estimate of drug-likeness (QED) is 0.387. The van der Waals surface area contributed by atoms with Gasteiger partial charge in [-0.15, -0.1) is 0 Å². The zero-order chi connectivity index (χ0) is 25.3. The SMILES string of the molecule is CCN/C(C)=C(/CNC(=O)c1cc(Cl)cc(N(CC)C2CCN(CCOC)CC2)c1C)C(N)=O. The highest BCUT2D eigenvalue weighted by atomic mass is 35.5. The van der Waals surface area contributed by atoms with Gasteiger partial charge in [-0.05, 0) is 58.2 Å². The lowest BCUT2D eigenvalue weighted by atomic mass is 9.99. The van der Waals surface area contributed by atoms with Gasteiger partial charge < -0.3 is 30.9 Å². The predicted molar refractivity (Wildman–Crippen MR) is 138 cm³/mol. The van der Waals surface area contributed by atoms with E-state index in [0.29, 0.717) is 34.4 Å². The lowest BCUT2D eigenvalue weighted by Crippen LogP contribution is -2.46. The second-order valence-corrected chi connectivity index (χ2v) is 9.07. The highest BCUT2D eigenvalue weighted by molar-refractivity contribution is 6.31. The molecule has 1 aliphatic heterocycles. The number of benzene rings is 1. The fourth-order valence-corrected chi connectivity index (χ4v) is 4.75. The van der Waals surface area contributed by atoms with Crippen LogP contribution in [0.1, 0.15) is 49.5 Å². The van der Waals surface area contributed by atoms with E-state index in [1.165, 1.54) is 0 Å². The molecule has 0 bridgehead atoms. The summed E-state index contributed by atoms with van der Waals surface area (Å²) in [6.07, 6.45) is 2.09. The molecule has 34 heavy (non-hydrogen) atoms. The highest BCUT2D eigenvalue weighted by Gasteiger charge is 2.26. The van der Waals surface area contributed by atoms with Crippen molar-refractivity contribution in [3.63, 3.8) is 0 Å². The summed E-state index contributed by atoms with van der Waals surface area (Å²) in [4.78, 5) is 29.7. The number of nitrogens with one attached hydrogen (secondary N) is 2. The number of primary amides is 1. The molecule has 0 unspecified atom stereocenters. The normalized spacial score (nSPS) is 15.6. The van der Waals surface area contributed by atoms with E-state index in [1.807, 2.05) is 19.9 Å². The number of ether oxygens (including phenoxy) is 1. The maximum absolute atomic E-state index is 13.1. The largest absolute Gasteiger partial charge is 0.388 e. The third-order valence-corrected chi connectivity index (χ3v) is 6.69. The van der Waals surface area contributed by atoms with Crippen LogP contribution in [0.25, 0.3) is 0 Å². The summed E-state index contributed by atoms with van der Waals surface area (Å²) in [5.41, 5.74) is 8.89. The van der Waals surface area contributed by atoms with Gasteiger partial charge in [-0.2, -0.15) is 0 Å². The molecular weight excluding hydrogens is 454 g/mol. The average molecular weight is 494 g/mol. The Morgan fingerprint density at radius 1 is 1.24 bits per heavy atom. The molecule has 1 aromatic rings. The number of rotatable bonds is 12. The predicted octanol–water partition coefficient (Wildman–Crippen LogP) is 2.68. The van der Waals surface area contributed by atoms with Gasteiger partial charge in [0.05, 0.1) is 18.7 Å². The Balaban J connectivity index is 2.20. The van der Waals surface area contributed by atoms with Crippen LogP contribution >= 0.6 is 11.6 Å². The first kappa shape index (κ1) is 28.0. The number of likely N-dealkylation sites (tertiary alicyclic amines) is 1. The van der Waals surface area contributed by atoms with E-state index in [2.05, 4.69) is 27.4 Å². The molecule has 0 aromatic heterocycles. The minimum atomic E-state index is -0.559. The van der Waals surface area contributed by atoms with Crippen molar-refractivity contribution in [2.45, 2.75) is 46.6 Å². The fraction of sp³-hybridized carbons (Fsp3) is 0.600. The Hall–Kier alpha value is -2.29. The maximum Gasteiger partial charge on any atom is 0.251 e. The first-order chi connectivity index (χ1) is 16.2. The number of amides is 2. The summed E-state index contributed by atoms with van der Waals surface area (Å²) in [5, 5.41) is 6.44. The molecule has 0 saturated carbocycles. The van der Waals surface area contributed by atoms with Crippen LogP contribution in [-0.2, 0) is 9.53 Å². The minimum absolute atomic E-state index is 0.0473. The molecular formula is C25H40ClN5O3. The molecule has 0 aliphatic carbocycles. The van der Waals surface area contributed by atoms with Gasteiger partial charge in [-0.25, -0.2) is 0 Å². The zero-order valence-corrected chi connectivity index (χ0v) is 21.9. The standard InChI is InChI=1S/C25H40ClN5O3/c1-6-28-18(4)22(24(27)32)16-29-25(33)21-14-19(26)15-23(17(21)3)31(7-2)20-8-10-30(11-9-20)12-13-34-5/h14-15,20,28H,6-13,16H2,1-5H3,(H2,27,32)(H,29,33)/b22-18-. The molecule has 190 valence electrons. The van der Waals surface area contributed by atoms with Gasteiger partial charge >= 0.3 is 0 Å². The van der Waals surface area contributed by atoms with Crippen LogP contribution in [0.4, 0.5) is 5.69 Å². The molecule has 1 saturated heterocycles. The molecule has 2 rings (SSSR count). The average Bonchev–Trinajstić information content (AvgIpc) is 2.80. The van der Waals surface area contributed by atoms with Gasteiger partial charge in [0.2, 0.25) is 5.91 Å². The maximum atomic E-state index is 13.1. The number of anilines is 1. The molecule has 1 fully saturated rings. The van der Waals surface area contributed by atoms with Gasteiger partial charge in [0.15, 0.2) is 0 Å². The van der Waals surface area contributed by atoms with Crippen molar-refractivity contribution in [2.75, 3.05) is 57.9 Å². The summed E-state index contributed by atoms with van der Waals surface area (Å²) >= 11 is 6.47. The fourth-order valence-electron chi connectivity index (χ4n) is 4.54. The van der Waals surface area contributed by atoms with Crippen molar-refractivity contribution in [1.82, 2.24) is 15.5 Å². The van der Waals surface area contributed by atoms with Crippen LogP contribution < -0.4 is 21.3 Å². The molecule has 0 radical (unpaired) electrons. The molecule has 0 atom stereocenters. The van der Waals surface area contributed by atoms with Crippen molar-refractivity contribution in [2.24, 2.45) is 5.73 Å². The number of carbonyl (C=O) groups is 2. The van der Waals surface area contributed by atoms with E-state index in [-0.39, 0.29) is 12.5 Å². The third-order valence-electron chi connectivity index (χ3n) is 6.47. The van der Waals surface area contributed by atoms with Crippen molar-refractivity contribution >= 4 is 29.1 Å². The number of piperidine rings is 1. The topological polar surface area (TPSA) is 99.9 Å². The van der Waals surface area contributed by atoms with E-state index in [1.54, 1.807) is 20.1 Å². The van der Waals surface area contributed by atoms with Crippen LogP contribution in [0, 0.1) is 6.92 Å². The molecule has 9 heteroatoms. The summed E-state index contributed by atoms with van der Waals surface area (Å²) in [7, 11) is 1.73. The van der Waals surface area contributed by atoms with Crippen LogP contribution in [0.5, 0.6) is 0 Å². The van der Waals surface area contributed by atoms with Crippen molar-refractivity contribution in [3.8, 4) is 0 Å². The number of nitrogens with two attached hydrogens (primary N) is 1. The molecule has 4 N–H and O–H groups in total. The van der Waals surface area contributed by atoms with Crippen molar-refractivity contribution < 1.29 is 14.3 Å². The second-order valence-electron chi connectivity index (χ2n) is 8.63. The summed E-state index contributed by atoms with van der Waals surface area (Å²) < 4.78 is 5.21. The second kappa shape index (κ2) is 13.6. The number of allylic oxidation sites excluding steroid dienone is 1. The Labute approximate surface area is 208 Å². The summed E-state index contributed by atoms with van der Waals surface area (Å²) in [6, 6.07) is 4.00. The van der Waals surface area contributed by atoms with Crippen molar-refractivity contribution in [1.29, 1.82) is 0 Å². The first-order valence-corrected chi connectivity index (χ1v) is 12.4. The molecule has 1 heterocycles. The molecule has 2 amide bonds. The van der Waals surface area contributed by atoms with Gasteiger partial charge in [0.25, 0.3) is 5.91 Å². The van der Waals surface area contributed by atoms with Crippen molar-refractivity contribution in [3.05, 3.63) is 39.6 Å². The van der Waals surface area contributed by atoms with Crippen LogP contribution in [0.15, 0.2) is 23.4 Å². The number of methoxy groups -OCH3 is 1. The van der Waals surface area contributed by atoms with Crippen LogP contribution in [-0.4, -0.2) is 75.7 Å². The van der Waals surface area contributed by atoms with Gasteiger partial charge in [-0.1, -0.05) is 11.6 Å². The Kier molecular flexibility index (Phi) is 11.1. The summed E-state index contributed by atoms with van der Waals surface area (Å²) in [5.74, 6) is -0.842. The smallest absolute Gasteiger partial charge is 0.251 e. The van der Waals surface area contributed by atoms with Gasteiger partial charge in [-0.3, -0.25) is 9.59 Å². The Bertz CT molecular complexity index is 882. The monoisotopic (exact) mass is 493 g/mol. The number of hydrogen-bond donors (Lipinski definition) is 3. The number of hydrogen-bond acceptors (Lipinski definition) is 6. The lowest BCUT2D eigenvalue weighted by Gasteiger charge is -2.40. The zero-order valence-electron chi connectivity index (χ0n) is 21.2. The third kappa shape index (κ3) is 7.35. The number of carbonyl (C=O) groups excluding carboxylic acids is 2. The van der Waals surface area contributed by atoms with E-state index < -0.39 is 5.91 Å². The molecule has 0 spiro atoms. The first-order valence-electron chi connectivity index (χ1n) is 12.0.